The molecule has 0 heterocycles. The van der Waals surface area contributed by atoms with Crippen LogP contribution in [0, 0.1) is 0 Å². The fourth-order valence-corrected chi connectivity index (χ4v) is 3.41. The van der Waals surface area contributed by atoms with Crippen LogP contribution in [0.4, 0.5) is 0 Å². The lowest BCUT2D eigenvalue weighted by atomic mass is 10.0. The van der Waals surface area contributed by atoms with E-state index in [2.05, 4.69) is 18.7 Å². The van der Waals surface area contributed by atoms with E-state index in [1.54, 1.807) is 0 Å². The number of carbonyl (C=O) groups is 1. The smallest absolute Gasteiger partial charge is 0.383 e. The summed E-state index contributed by atoms with van der Waals surface area (Å²) in [6.07, 6.45) is 1.79. The maximum absolute atomic E-state index is 11.3. The molecule has 0 saturated carbocycles. The zero-order chi connectivity index (χ0) is 15.8. The normalized spacial score (nSPS) is 13.1. The van der Waals surface area contributed by atoms with Crippen molar-refractivity contribution in [1.82, 2.24) is 0 Å². The standard InChI is InChI=1S/C18H20O3Si/c1-3-18(19)21-22(2)20-17(16-12-8-5-9-13-16)14-15-10-6-4-7-11-15/h3-13,17,22H,1,14H2,2H3. The van der Waals surface area contributed by atoms with Gasteiger partial charge in [0.05, 0.1) is 6.10 Å². The molecular weight excluding hydrogens is 292 g/mol. The molecule has 0 aromatic heterocycles. The molecule has 0 aliphatic heterocycles. The molecule has 2 atom stereocenters. The highest BCUT2D eigenvalue weighted by Gasteiger charge is 2.19. The van der Waals surface area contributed by atoms with Gasteiger partial charge in [-0.2, -0.15) is 0 Å². The summed E-state index contributed by atoms with van der Waals surface area (Å²) in [4.78, 5) is 11.3. The molecule has 0 saturated heterocycles. The van der Waals surface area contributed by atoms with Crippen LogP contribution in [-0.4, -0.2) is 15.3 Å². The summed E-state index contributed by atoms with van der Waals surface area (Å²) in [5, 5.41) is 0. The molecule has 4 heteroatoms. The molecule has 0 aliphatic rings. The molecule has 0 bridgehead atoms. The van der Waals surface area contributed by atoms with Crippen LogP contribution in [0.15, 0.2) is 73.3 Å². The van der Waals surface area contributed by atoms with Gasteiger partial charge in [0.15, 0.2) is 0 Å². The molecule has 0 fully saturated rings. The fourth-order valence-electron chi connectivity index (χ4n) is 2.21. The fraction of sp³-hybridized carbons (Fsp3) is 0.167. The van der Waals surface area contributed by atoms with E-state index in [1.807, 2.05) is 55.1 Å². The van der Waals surface area contributed by atoms with Crippen LogP contribution in [0.3, 0.4) is 0 Å². The monoisotopic (exact) mass is 312 g/mol. The van der Waals surface area contributed by atoms with E-state index in [1.165, 1.54) is 11.6 Å². The average Bonchev–Trinajstić information content (AvgIpc) is 2.56. The predicted molar refractivity (Wildman–Crippen MR) is 89.7 cm³/mol. The minimum atomic E-state index is -2.07. The van der Waals surface area contributed by atoms with Crippen molar-refractivity contribution in [3.05, 3.63) is 84.4 Å². The van der Waals surface area contributed by atoms with Gasteiger partial charge in [0.1, 0.15) is 0 Å². The van der Waals surface area contributed by atoms with E-state index >= 15 is 0 Å². The molecule has 0 aliphatic carbocycles. The van der Waals surface area contributed by atoms with E-state index in [0.29, 0.717) is 0 Å². The van der Waals surface area contributed by atoms with E-state index < -0.39 is 15.3 Å². The Bertz CT molecular complexity index is 598. The summed E-state index contributed by atoms with van der Waals surface area (Å²) < 4.78 is 11.3. The topological polar surface area (TPSA) is 35.5 Å². The van der Waals surface area contributed by atoms with Gasteiger partial charge in [-0.3, -0.25) is 0 Å². The molecular formula is C18H20O3Si. The Labute approximate surface area is 133 Å². The van der Waals surface area contributed by atoms with Gasteiger partial charge in [0, 0.05) is 12.5 Å². The number of benzene rings is 2. The second-order valence-electron chi connectivity index (χ2n) is 4.93. The average molecular weight is 312 g/mol. The second kappa shape index (κ2) is 8.31. The van der Waals surface area contributed by atoms with Gasteiger partial charge in [-0.1, -0.05) is 67.2 Å². The second-order valence-corrected chi connectivity index (χ2v) is 6.58. The van der Waals surface area contributed by atoms with Crippen molar-refractivity contribution in [3.8, 4) is 0 Å². The molecule has 0 radical (unpaired) electrons. The summed E-state index contributed by atoms with van der Waals surface area (Å²) in [6.45, 7) is 5.26. The summed E-state index contributed by atoms with van der Waals surface area (Å²) in [6, 6.07) is 20.2. The van der Waals surface area contributed by atoms with Crippen molar-refractivity contribution in [1.29, 1.82) is 0 Å². The van der Waals surface area contributed by atoms with Gasteiger partial charge in [-0.05, 0) is 17.7 Å². The van der Waals surface area contributed by atoms with Gasteiger partial charge in [0.25, 0.3) is 0 Å². The molecule has 2 aromatic rings. The number of hydrogen-bond acceptors (Lipinski definition) is 3. The van der Waals surface area contributed by atoms with Gasteiger partial charge in [-0.15, -0.1) is 0 Å². The van der Waals surface area contributed by atoms with E-state index in [4.69, 9.17) is 8.85 Å². The van der Waals surface area contributed by atoms with Gasteiger partial charge >= 0.3 is 15.3 Å². The molecule has 2 rings (SSSR count). The Morgan fingerprint density at radius 3 is 2.32 bits per heavy atom. The van der Waals surface area contributed by atoms with Crippen LogP contribution < -0.4 is 0 Å². The lowest BCUT2D eigenvalue weighted by Crippen LogP contribution is -2.25. The van der Waals surface area contributed by atoms with Gasteiger partial charge in [-0.25, -0.2) is 4.79 Å². The number of rotatable bonds is 7. The molecule has 0 spiro atoms. The SMILES string of the molecule is C=CC(=O)O[SiH](C)OC(Cc1ccccc1)c1ccccc1. The van der Waals surface area contributed by atoms with Crippen molar-refractivity contribution in [3.63, 3.8) is 0 Å². The first kappa shape index (κ1) is 16.2. The minimum absolute atomic E-state index is 0.122. The largest absolute Gasteiger partial charge is 0.494 e. The molecule has 114 valence electrons. The van der Waals surface area contributed by atoms with E-state index in [0.717, 1.165) is 12.0 Å². The third-order valence-electron chi connectivity index (χ3n) is 3.24. The van der Waals surface area contributed by atoms with Crippen molar-refractivity contribution < 1.29 is 13.6 Å². The predicted octanol–water partition coefficient (Wildman–Crippen LogP) is 3.57. The summed E-state index contributed by atoms with van der Waals surface area (Å²) >= 11 is 0. The number of carbonyl (C=O) groups excluding carboxylic acids is 1. The summed E-state index contributed by atoms with van der Waals surface area (Å²) in [7, 11) is -2.07. The Hall–Kier alpha value is -2.17. The molecule has 2 unspecified atom stereocenters. The van der Waals surface area contributed by atoms with E-state index in [9.17, 15) is 4.79 Å². The van der Waals surface area contributed by atoms with E-state index in [-0.39, 0.29) is 6.10 Å². The summed E-state index contributed by atoms with van der Waals surface area (Å²) in [5.41, 5.74) is 2.27. The highest BCUT2D eigenvalue weighted by atomic mass is 28.3. The zero-order valence-corrected chi connectivity index (χ0v) is 13.8. The first-order valence-corrected chi connectivity index (χ1v) is 9.36. The molecule has 3 nitrogen and oxygen atoms in total. The van der Waals surface area contributed by atoms with Crippen molar-refractivity contribution in [2.75, 3.05) is 0 Å². The lowest BCUT2D eigenvalue weighted by Gasteiger charge is -2.22. The molecule has 0 N–H and O–H groups in total. The van der Waals surface area contributed by atoms with Crippen LogP contribution in [0.1, 0.15) is 17.2 Å². The molecule has 2 aromatic carbocycles. The van der Waals surface area contributed by atoms with Crippen LogP contribution in [-0.2, 0) is 20.1 Å². The minimum Gasteiger partial charge on any atom is -0.494 e. The van der Waals surface area contributed by atoms with Gasteiger partial charge < -0.3 is 8.85 Å². The Morgan fingerprint density at radius 2 is 1.73 bits per heavy atom. The first-order valence-electron chi connectivity index (χ1n) is 7.26. The quantitative estimate of drug-likeness (QED) is 0.579. The highest BCUT2D eigenvalue weighted by Crippen LogP contribution is 2.23. The van der Waals surface area contributed by atoms with Crippen LogP contribution in [0.25, 0.3) is 0 Å². The van der Waals surface area contributed by atoms with Crippen molar-refractivity contribution >= 4 is 15.3 Å². The van der Waals surface area contributed by atoms with Crippen LogP contribution >= 0.6 is 0 Å². The number of hydrogen-bond donors (Lipinski definition) is 0. The highest BCUT2D eigenvalue weighted by molar-refractivity contribution is 6.45. The van der Waals surface area contributed by atoms with Crippen molar-refractivity contribution in [2.24, 2.45) is 0 Å². The molecule has 22 heavy (non-hydrogen) atoms. The lowest BCUT2D eigenvalue weighted by molar-refractivity contribution is -0.130. The van der Waals surface area contributed by atoms with Gasteiger partial charge in [0.2, 0.25) is 0 Å². The third-order valence-corrected chi connectivity index (χ3v) is 4.52. The maximum atomic E-state index is 11.3. The van der Waals surface area contributed by atoms with Crippen LogP contribution in [0.2, 0.25) is 6.55 Å². The first-order chi connectivity index (χ1) is 10.7. The Kier molecular flexibility index (Phi) is 6.12. The zero-order valence-electron chi connectivity index (χ0n) is 12.6. The Balaban J connectivity index is 2.11. The maximum Gasteiger partial charge on any atom is 0.383 e. The molecule has 0 amide bonds. The van der Waals surface area contributed by atoms with Crippen molar-refractivity contribution in [2.45, 2.75) is 19.1 Å². The Morgan fingerprint density at radius 1 is 1.14 bits per heavy atom. The van der Waals surface area contributed by atoms with Crippen LogP contribution in [0.5, 0.6) is 0 Å². The summed E-state index contributed by atoms with van der Waals surface area (Å²) in [5.74, 6) is -0.425. The third kappa shape index (κ3) is 4.98.